The summed E-state index contributed by atoms with van der Waals surface area (Å²) < 4.78 is 0. The van der Waals surface area contributed by atoms with Gasteiger partial charge in [0, 0.05) is 18.0 Å². The number of aromatic amines is 1. The van der Waals surface area contributed by atoms with Gasteiger partial charge in [0.15, 0.2) is 0 Å². The van der Waals surface area contributed by atoms with Crippen LogP contribution in [0.3, 0.4) is 0 Å². The molecule has 0 amide bonds. The minimum Gasteiger partial charge on any atom is -0.390 e. The fraction of sp³-hybridized carbons (Fsp3) is 0.385. The number of aliphatic hydroxyl groups is 1. The average molecular weight is 236 g/mol. The molecular formula is C13H14ClNO. The van der Waals surface area contributed by atoms with Crippen molar-refractivity contribution in [3.63, 3.8) is 0 Å². The Bertz CT molecular complexity index is 554. The zero-order valence-electron chi connectivity index (χ0n) is 9.18. The Morgan fingerprint density at radius 2 is 2.19 bits per heavy atom. The second-order valence-electron chi connectivity index (χ2n) is 4.87. The van der Waals surface area contributed by atoms with E-state index in [1.165, 1.54) is 5.56 Å². The van der Waals surface area contributed by atoms with Crippen LogP contribution < -0.4 is 0 Å². The molecule has 0 radical (unpaired) electrons. The van der Waals surface area contributed by atoms with E-state index in [1.807, 2.05) is 12.3 Å². The van der Waals surface area contributed by atoms with Crippen molar-refractivity contribution in [3.8, 4) is 0 Å². The predicted octanol–water partition coefficient (Wildman–Crippen LogP) is 3.20. The molecule has 0 unspecified atom stereocenters. The van der Waals surface area contributed by atoms with Crippen molar-refractivity contribution >= 4 is 22.5 Å². The molecule has 1 saturated carbocycles. The molecule has 0 bridgehead atoms. The van der Waals surface area contributed by atoms with Crippen molar-refractivity contribution in [2.24, 2.45) is 0 Å². The second-order valence-corrected chi connectivity index (χ2v) is 5.28. The third kappa shape index (κ3) is 1.62. The van der Waals surface area contributed by atoms with Crippen LogP contribution in [0.2, 0.25) is 5.02 Å². The summed E-state index contributed by atoms with van der Waals surface area (Å²) in [6.45, 7) is 2.06. The first kappa shape index (κ1) is 10.2. The van der Waals surface area contributed by atoms with Gasteiger partial charge in [-0.25, -0.2) is 0 Å². The minimum atomic E-state index is -0.457. The van der Waals surface area contributed by atoms with E-state index in [-0.39, 0.29) is 0 Å². The number of aryl methyl sites for hydroxylation is 1. The third-order valence-corrected chi connectivity index (χ3v) is 3.67. The molecule has 2 N–H and O–H groups in total. The average Bonchev–Trinajstić information content (AvgIpc) is 2.81. The number of benzene rings is 1. The van der Waals surface area contributed by atoms with E-state index in [0.29, 0.717) is 6.42 Å². The van der Waals surface area contributed by atoms with Gasteiger partial charge in [-0.2, -0.15) is 0 Å². The van der Waals surface area contributed by atoms with Crippen molar-refractivity contribution in [3.05, 3.63) is 34.5 Å². The van der Waals surface area contributed by atoms with Crippen molar-refractivity contribution in [1.29, 1.82) is 0 Å². The van der Waals surface area contributed by atoms with E-state index in [0.717, 1.165) is 34.3 Å². The Morgan fingerprint density at radius 3 is 2.88 bits per heavy atom. The highest BCUT2D eigenvalue weighted by molar-refractivity contribution is 6.35. The van der Waals surface area contributed by atoms with Crippen molar-refractivity contribution in [2.75, 3.05) is 0 Å². The molecule has 0 spiro atoms. The Kier molecular flexibility index (Phi) is 2.07. The summed E-state index contributed by atoms with van der Waals surface area (Å²) in [4.78, 5) is 3.17. The number of hydrogen-bond acceptors (Lipinski definition) is 1. The fourth-order valence-electron chi connectivity index (χ4n) is 2.18. The molecule has 0 atom stereocenters. The van der Waals surface area contributed by atoms with E-state index in [1.54, 1.807) is 0 Å². The molecule has 84 valence electrons. The zero-order valence-corrected chi connectivity index (χ0v) is 9.93. The molecule has 1 aromatic carbocycles. The highest BCUT2D eigenvalue weighted by Gasteiger charge is 2.40. The number of rotatable bonds is 2. The normalized spacial score (nSPS) is 17.9. The van der Waals surface area contributed by atoms with Crippen LogP contribution in [0.15, 0.2) is 18.3 Å². The van der Waals surface area contributed by atoms with E-state index in [4.69, 9.17) is 11.6 Å². The number of nitrogens with one attached hydrogen (secondary N) is 1. The van der Waals surface area contributed by atoms with Gasteiger partial charge in [0.1, 0.15) is 0 Å². The molecular weight excluding hydrogens is 222 g/mol. The third-order valence-electron chi connectivity index (χ3n) is 3.37. The predicted molar refractivity (Wildman–Crippen MR) is 65.9 cm³/mol. The van der Waals surface area contributed by atoms with Crippen LogP contribution in [0.5, 0.6) is 0 Å². The molecule has 2 nitrogen and oxygen atoms in total. The van der Waals surface area contributed by atoms with Gasteiger partial charge in [-0.3, -0.25) is 0 Å². The number of halogens is 1. The number of fused-ring (bicyclic) bond motifs is 1. The summed E-state index contributed by atoms with van der Waals surface area (Å²) in [6, 6.07) is 4.08. The molecule has 2 aromatic rings. The smallest absolute Gasteiger partial charge is 0.0690 e. The zero-order chi connectivity index (χ0) is 11.3. The van der Waals surface area contributed by atoms with E-state index in [9.17, 15) is 5.11 Å². The van der Waals surface area contributed by atoms with Crippen LogP contribution in [-0.4, -0.2) is 15.7 Å². The van der Waals surface area contributed by atoms with Crippen LogP contribution in [-0.2, 0) is 6.42 Å². The number of H-pyrrole nitrogens is 1. The summed E-state index contributed by atoms with van der Waals surface area (Å²) >= 11 is 6.21. The van der Waals surface area contributed by atoms with Crippen molar-refractivity contribution in [1.82, 2.24) is 4.98 Å². The minimum absolute atomic E-state index is 0.457. The van der Waals surface area contributed by atoms with Gasteiger partial charge in [0.25, 0.3) is 0 Å². The highest BCUT2D eigenvalue weighted by atomic mass is 35.5. The van der Waals surface area contributed by atoms with Crippen LogP contribution >= 0.6 is 11.6 Å². The first-order chi connectivity index (χ1) is 7.57. The van der Waals surface area contributed by atoms with Gasteiger partial charge in [-0.05, 0) is 43.0 Å². The van der Waals surface area contributed by atoms with Gasteiger partial charge in [-0.15, -0.1) is 0 Å². The van der Waals surface area contributed by atoms with E-state index in [2.05, 4.69) is 18.0 Å². The molecule has 16 heavy (non-hydrogen) atoms. The maximum absolute atomic E-state index is 9.91. The number of hydrogen-bond donors (Lipinski definition) is 2. The van der Waals surface area contributed by atoms with Crippen molar-refractivity contribution in [2.45, 2.75) is 31.8 Å². The molecule has 1 fully saturated rings. The molecule has 0 saturated heterocycles. The molecule has 1 aromatic heterocycles. The summed E-state index contributed by atoms with van der Waals surface area (Å²) in [6.07, 6.45) is 4.50. The van der Waals surface area contributed by atoms with Crippen LogP contribution in [0.25, 0.3) is 10.9 Å². The lowest BCUT2D eigenvalue weighted by molar-refractivity contribution is 0.151. The lowest BCUT2D eigenvalue weighted by atomic mass is 10.0. The maximum Gasteiger partial charge on any atom is 0.0690 e. The standard InChI is InChI=1S/C13H14ClNO/c1-8-7-15-12-10(8)4-9(5-11(12)14)6-13(16)2-3-13/h4-5,7,15-16H,2-3,6H2,1H3. The Hall–Kier alpha value is -0.990. The summed E-state index contributed by atoms with van der Waals surface area (Å²) in [5.41, 5.74) is 2.86. The van der Waals surface area contributed by atoms with Gasteiger partial charge in [0.2, 0.25) is 0 Å². The first-order valence-electron chi connectivity index (χ1n) is 5.56. The summed E-state index contributed by atoms with van der Waals surface area (Å²) in [5.74, 6) is 0. The topological polar surface area (TPSA) is 36.0 Å². The van der Waals surface area contributed by atoms with Gasteiger partial charge in [-0.1, -0.05) is 11.6 Å². The van der Waals surface area contributed by atoms with Gasteiger partial charge < -0.3 is 10.1 Å². The quantitative estimate of drug-likeness (QED) is 0.824. The Morgan fingerprint density at radius 1 is 1.44 bits per heavy atom. The molecule has 3 rings (SSSR count). The van der Waals surface area contributed by atoms with Crippen LogP contribution in [0, 0.1) is 6.92 Å². The first-order valence-corrected chi connectivity index (χ1v) is 5.94. The van der Waals surface area contributed by atoms with Gasteiger partial charge >= 0.3 is 0 Å². The molecule has 1 heterocycles. The largest absolute Gasteiger partial charge is 0.390 e. The fourth-order valence-corrected chi connectivity index (χ4v) is 2.48. The molecule has 0 aliphatic heterocycles. The SMILES string of the molecule is Cc1c[nH]c2c(Cl)cc(CC3(O)CC3)cc12. The summed E-state index contributed by atoms with van der Waals surface area (Å²) in [5, 5.41) is 11.8. The maximum atomic E-state index is 9.91. The monoisotopic (exact) mass is 235 g/mol. The van der Waals surface area contributed by atoms with Crippen LogP contribution in [0.1, 0.15) is 24.0 Å². The van der Waals surface area contributed by atoms with Crippen molar-refractivity contribution < 1.29 is 5.11 Å². The van der Waals surface area contributed by atoms with E-state index < -0.39 is 5.60 Å². The van der Waals surface area contributed by atoms with E-state index >= 15 is 0 Å². The highest BCUT2D eigenvalue weighted by Crippen LogP contribution is 2.39. The molecule has 1 aliphatic rings. The Balaban J connectivity index is 2.08. The Labute approximate surface area is 99.2 Å². The lowest BCUT2D eigenvalue weighted by Crippen LogP contribution is -2.10. The lowest BCUT2D eigenvalue weighted by Gasteiger charge is -2.08. The van der Waals surface area contributed by atoms with Crippen LogP contribution in [0.4, 0.5) is 0 Å². The van der Waals surface area contributed by atoms with Gasteiger partial charge in [0.05, 0.1) is 16.1 Å². The molecule has 1 aliphatic carbocycles. The summed E-state index contributed by atoms with van der Waals surface area (Å²) in [7, 11) is 0. The molecule has 3 heteroatoms. The number of aromatic nitrogens is 1. The second kappa shape index (κ2) is 3.25.